The maximum atomic E-state index is 11.3. The molecule has 2 nitrogen and oxygen atoms in total. The van der Waals surface area contributed by atoms with Gasteiger partial charge in [0.25, 0.3) is 0 Å². The fraction of sp³-hybridized carbons (Fsp3) is 0.562. The van der Waals surface area contributed by atoms with Crippen molar-refractivity contribution in [2.75, 3.05) is 0 Å². The van der Waals surface area contributed by atoms with E-state index in [4.69, 9.17) is 0 Å². The zero-order chi connectivity index (χ0) is 13.5. The lowest BCUT2D eigenvalue weighted by Crippen LogP contribution is -2.13. The largest absolute Gasteiger partial charge is 0.481 e. The van der Waals surface area contributed by atoms with Gasteiger partial charge in [0, 0.05) is 0 Å². The number of carboxylic acid groups (broad SMARTS) is 1. The molecule has 1 fully saturated rings. The fourth-order valence-electron chi connectivity index (χ4n) is 3.50. The molecule has 1 aromatic carbocycles. The maximum Gasteiger partial charge on any atom is 0.307 e. The molecule has 3 atom stereocenters. The van der Waals surface area contributed by atoms with Gasteiger partial charge >= 0.3 is 5.97 Å². The lowest BCUT2D eigenvalue weighted by Gasteiger charge is -2.23. The first kappa shape index (κ1) is 13.1. The second kappa shape index (κ2) is 4.42. The van der Waals surface area contributed by atoms with Gasteiger partial charge in [-0.05, 0) is 28.7 Å². The van der Waals surface area contributed by atoms with Gasteiger partial charge < -0.3 is 5.11 Å². The Balaban J connectivity index is 2.32. The van der Waals surface area contributed by atoms with Crippen molar-refractivity contribution in [1.29, 1.82) is 0 Å². The van der Waals surface area contributed by atoms with Crippen molar-refractivity contribution in [3.63, 3.8) is 0 Å². The molecule has 0 radical (unpaired) electrons. The Hall–Kier alpha value is -1.31. The standard InChI is InChI=1S/C16H22O2/c1-10(2)12(11-8-6-5-7-9-11)13-14(15(17)18)16(13,3)4/h5-10,12-14H,1-4H3,(H,17,18). The topological polar surface area (TPSA) is 37.3 Å². The number of carbonyl (C=O) groups is 1. The molecule has 0 heterocycles. The lowest BCUT2D eigenvalue weighted by molar-refractivity contribution is -0.139. The lowest BCUT2D eigenvalue weighted by atomic mass is 9.81. The zero-order valence-electron chi connectivity index (χ0n) is 11.6. The Kier molecular flexibility index (Phi) is 3.22. The number of hydrogen-bond acceptors (Lipinski definition) is 1. The van der Waals surface area contributed by atoms with Gasteiger partial charge in [-0.3, -0.25) is 4.79 Å². The minimum absolute atomic E-state index is 0.0867. The van der Waals surface area contributed by atoms with Crippen LogP contribution in [0.25, 0.3) is 0 Å². The van der Waals surface area contributed by atoms with Crippen molar-refractivity contribution in [2.24, 2.45) is 23.2 Å². The summed E-state index contributed by atoms with van der Waals surface area (Å²) in [6, 6.07) is 10.3. The molecule has 0 spiro atoms. The molecule has 1 aliphatic rings. The Morgan fingerprint density at radius 1 is 1.22 bits per heavy atom. The first-order valence-electron chi connectivity index (χ1n) is 6.65. The molecule has 1 aliphatic carbocycles. The number of benzene rings is 1. The molecule has 1 N–H and O–H groups in total. The van der Waals surface area contributed by atoms with E-state index < -0.39 is 5.97 Å². The van der Waals surface area contributed by atoms with Crippen LogP contribution in [0.4, 0.5) is 0 Å². The quantitative estimate of drug-likeness (QED) is 0.877. The van der Waals surface area contributed by atoms with Crippen molar-refractivity contribution >= 4 is 5.97 Å². The highest BCUT2D eigenvalue weighted by Crippen LogP contribution is 2.65. The third kappa shape index (κ3) is 2.05. The van der Waals surface area contributed by atoms with Crippen molar-refractivity contribution in [3.05, 3.63) is 35.9 Å². The van der Waals surface area contributed by atoms with Crippen molar-refractivity contribution in [1.82, 2.24) is 0 Å². The molecule has 0 aliphatic heterocycles. The van der Waals surface area contributed by atoms with Crippen LogP contribution in [0, 0.1) is 23.2 Å². The molecule has 3 unspecified atom stereocenters. The van der Waals surface area contributed by atoms with Crippen LogP contribution in [0.15, 0.2) is 30.3 Å². The normalized spacial score (nSPS) is 26.9. The van der Waals surface area contributed by atoms with Crippen LogP contribution in [0.2, 0.25) is 0 Å². The summed E-state index contributed by atoms with van der Waals surface area (Å²) in [6.07, 6.45) is 0. The van der Waals surface area contributed by atoms with Crippen LogP contribution in [0.5, 0.6) is 0 Å². The Labute approximate surface area is 109 Å². The van der Waals surface area contributed by atoms with Gasteiger partial charge in [0.15, 0.2) is 0 Å². The molecule has 18 heavy (non-hydrogen) atoms. The average Bonchev–Trinajstić information content (AvgIpc) is 2.83. The predicted molar refractivity (Wildman–Crippen MR) is 72.4 cm³/mol. The minimum atomic E-state index is -0.647. The molecule has 1 aromatic rings. The molecule has 0 saturated heterocycles. The van der Waals surface area contributed by atoms with Gasteiger partial charge in [0.05, 0.1) is 5.92 Å². The van der Waals surface area contributed by atoms with Crippen molar-refractivity contribution in [2.45, 2.75) is 33.6 Å². The van der Waals surface area contributed by atoms with E-state index in [2.05, 4.69) is 39.8 Å². The highest BCUT2D eigenvalue weighted by molar-refractivity contribution is 5.76. The van der Waals surface area contributed by atoms with E-state index in [1.165, 1.54) is 5.56 Å². The second-order valence-electron chi connectivity index (χ2n) is 6.34. The molecule has 0 amide bonds. The minimum Gasteiger partial charge on any atom is -0.481 e. The van der Waals surface area contributed by atoms with E-state index >= 15 is 0 Å². The van der Waals surface area contributed by atoms with E-state index in [9.17, 15) is 9.90 Å². The summed E-state index contributed by atoms with van der Waals surface area (Å²) in [5, 5.41) is 9.34. The third-order valence-electron chi connectivity index (χ3n) is 4.47. The van der Waals surface area contributed by atoms with Gasteiger partial charge in [0.1, 0.15) is 0 Å². The maximum absolute atomic E-state index is 11.3. The van der Waals surface area contributed by atoms with Crippen LogP contribution in [-0.4, -0.2) is 11.1 Å². The molecule has 0 aromatic heterocycles. The van der Waals surface area contributed by atoms with E-state index in [0.29, 0.717) is 11.8 Å². The van der Waals surface area contributed by atoms with Gasteiger partial charge in [-0.2, -0.15) is 0 Å². The van der Waals surface area contributed by atoms with E-state index in [-0.39, 0.29) is 17.3 Å². The molecular weight excluding hydrogens is 224 g/mol. The summed E-state index contributed by atoms with van der Waals surface area (Å²) in [5.74, 6) is 0.192. The van der Waals surface area contributed by atoms with Gasteiger partial charge in [-0.25, -0.2) is 0 Å². The molecule has 98 valence electrons. The monoisotopic (exact) mass is 246 g/mol. The SMILES string of the molecule is CC(C)C(c1ccccc1)C1C(C(=O)O)C1(C)C. The summed E-state index contributed by atoms with van der Waals surface area (Å²) in [6.45, 7) is 8.53. The van der Waals surface area contributed by atoms with E-state index in [1.807, 2.05) is 18.2 Å². The predicted octanol–water partition coefficient (Wildman–Crippen LogP) is 3.78. The van der Waals surface area contributed by atoms with Crippen LogP contribution < -0.4 is 0 Å². The first-order valence-corrected chi connectivity index (χ1v) is 6.65. The van der Waals surface area contributed by atoms with Crippen LogP contribution in [0.1, 0.15) is 39.2 Å². The molecule has 0 bridgehead atoms. The van der Waals surface area contributed by atoms with E-state index in [0.717, 1.165) is 0 Å². The number of carboxylic acids is 1. The summed E-state index contributed by atoms with van der Waals surface area (Å²) in [7, 11) is 0. The van der Waals surface area contributed by atoms with Crippen LogP contribution in [0.3, 0.4) is 0 Å². The molecule has 2 rings (SSSR count). The molecule has 2 heteroatoms. The average molecular weight is 246 g/mol. The smallest absolute Gasteiger partial charge is 0.307 e. The Morgan fingerprint density at radius 2 is 1.78 bits per heavy atom. The Bertz CT molecular complexity index is 434. The first-order chi connectivity index (χ1) is 8.37. The van der Waals surface area contributed by atoms with Crippen molar-refractivity contribution < 1.29 is 9.90 Å². The van der Waals surface area contributed by atoms with Crippen molar-refractivity contribution in [3.8, 4) is 0 Å². The highest BCUT2D eigenvalue weighted by Gasteiger charge is 2.65. The van der Waals surface area contributed by atoms with Crippen LogP contribution in [-0.2, 0) is 4.79 Å². The number of rotatable bonds is 4. The van der Waals surface area contributed by atoms with Gasteiger partial charge in [0.2, 0.25) is 0 Å². The highest BCUT2D eigenvalue weighted by atomic mass is 16.4. The fourth-order valence-corrected chi connectivity index (χ4v) is 3.50. The Morgan fingerprint density at radius 3 is 2.17 bits per heavy atom. The summed E-state index contributed by atoms with van der Waals surface area (Å²) in [5.41, 5.74) is 1.19. The second-order valence-corrected chi connectivity index (χ2v) is 6.34. The number of hydrogen-bond donors (Lipinski definition) is 1. The zero-order valence-corrected chi connectivity index (χ0v) is 11.6. The number of aliphatic carboxylic acids is 1. The molecular formula is C16H22O2. The summed E-state index contributed by atoms with van der Waals surface area (Å²) < 4.78 is 0. The molecule has 1 saturated carbocycles. The third-order valence-corrected chi connectivity index (χ3v) is 4.47. The van der Waals surface area contributed by atoms with Gasteiger partial charge in [-0.1, -0.05) is 58.0 Å². The summed E-state index contributed by atoms with van der Waals surface area (Å²) in [4.78, 5) is 11.3. The summed E-state index contributed by atoms with van der Waals surface area (Å²) >= 11 is 0. The van der Waals surface area contributed by atoms with Crippen LogP contribution >= 0.6 is 0 Å². The van der Waals surface area contributed by atoms with Gasteiger partial charge in [-0.15, -0.1) is 0 Å². The van der Waals surface area contributed by atoms with E-state index in [1.54, 1.807) is 0 Å².